The van der Waals surface area contributed by atoms with Gasteiger partial charge < -0.3 is 15.0 Å². The van der Waals surface area contributed by atoms with Gasteiger partial charge in [0, 0.05) is 35.8 Å². The Bertz CT molecular complexity index is 945. The Hall–Kier alpha value is -2.32. The number of hydrogen-bond acceptors (Lipinski definition) is 5. The van der Waals surface area contributed by atoms with E-state index in [-0.39, 0.29) is 5.91 Å². The second-order valence-electron chi connectivity index (χ2n) is 7.04. The smallest absolute Gasteiger partial charge is 0.230 e. The number of hydrogen-bond donors (Lipinski definition) is 2. The Labute approximate surface area is 168 Å². The molecule has 2 aromatic heterocycles. The lowest BCUT2D eigenvalue weighted by molar-refractivity contribution is -0.119. The number of H-pyrrole nitrogens is 1. The number of nitrogens with one attached hydrogen (secondary N) is 2. The predicted molar refractivity (Wildman–Crippen MR) is 110 cm³/mol. The summed E-state index contributed by atoms with van der Waals surface area (Å²) in [5.41, 5.74) is 2.06. The van der Waals surface area contributed by atoms with E-state index in [2.05, 4.69) is 26.6 Å². The number of rotatable bonds is 8. The van der Waals surface area contributed by atoms with E-state index in [0.717, 1.165) is 40.3 Å². The van der Waals surface area contributed by atoms with Gasteiger partial charge in [0.2, 0.25) is 5.91 Å². The molecule has 0 bridgehead atoms. The third-order valence-corrected chi connectivity index (χ3v) is 6.09. The van der Waals surface area contributed by atoms with E-state index in [1.54, 1.807) is 7.11 Å². The summed E-state index contributed by atoms with van der Waals surface area (Å²) in [5, 5.41) is 13.7. The normalized spacial score (nSPS) is 14.8. The fraction of sp³-hybridized carbons (Fsp3) is 0.450. The van der Waals surface area contributed by atoms with Crippen molar-refractivity contribution in [2.24, 2.45) is 0 Å². The molecule has 0 radical (unpaired) electrons. The van der Waals surface area contributed by atoms with Crippen molar-refractivity contribution in [3.05, 3.63) is 30.5 Å². The summed E-state index contributed by atoms with van der Waals surface area (Å²) in [6.07, 6.45) is 6.55. The molecule has 1 aromatic carbocycles. The minimum atomic E-state index is 0.0619. The van der Waals surface area contributed by atoms with Crippen molar-refractivity contribution in [2.75, 3.05) is 19.5 Å². The molecule has 0 aliphatic heterocycles. The molecule has 3 aromatic rings. The number of aromatic amines is 1. The van der Waals surface area contributed by atoms with Gasteiger partial charge >= 0.3 is 0 Å². The molecule has 2 N–H and O–H groups in total. The number of carbonyl (C=O) groups excluding carboxylic acids is 1. The van der Waals surface area contributed by atoms with Gasteiger partial charge in [-0.25, -0.2) is 0 Å². The quantitative estimate of drug-likeness (QED) is 0.568. The molecule has 0 unspecified atom stereocenters. The number of amides is 1. The molecule has 1 aliphatic rings. The second-order valence-corrected chi connectivity index (χ2v) is 7.98. The van der Waals surface area contributed by atoms with Crippen molar-refractivity contribution in [3.8, 4) is 11.4 Å². The zero-order valence-corrected chi connectivity index (χ0v) is 16.8. The standard InChI is InChI=1S/C20H25N5O2S/c1-27-11-10-25-19(16-12-21-17-9-5-4-8-15(16)17)23-24-20(25)28-13-18(26)22-14-6-2-3-7-14/h4-5,8-9,12,14,21H,2-3,6-7,10-11,13H2,1H3,(H,22,26). The third kappa shape index (κ3) is 4.07. The molecule has 0 saturated heterocycles. The van der Waals surface area contributed by atoms with Gasteiger partial charge in [0.25, 0.3) is 0 Å². The van der Waals surface area contributed by atoms with Gasteiger partial charge in [0.15, 0.2) is 11.0 Å². The molecule has 4 rings (SSSR count). The van der Waals surface area contributed by atoms with E-state index in [0.29, 0.717) is 24.9 Å². The van der Waals surface area contributed by atoms with Crippen LogP contribution in [0.3, 0.4) is 0 Å². The van der Waals surface area contributed by atoms with Crippen molar-refractivity contribution in [2.45, 2.75) is 43.4 Å². The molecule has 7 nitrogen and oxygen atoms in total. The van der Waals surface area contributed by atoms with E-state index in [4.69, 9.17) is 4.74 Å². The number of nitrogens with zero attached hydrogens (tertiary/aromatic N) is 3. The highest BCUT2D eigenvalue weighted by Gasteiger charge is 2.20. The zero-order valence-electron chi connectivity index (χ0n) is 16.0. The minimum absolute atomic E-state index is 0.0619. The van der Waals surface area contributed by atoms with Crippen molar-refractivity contribution in [1.29, 1.82) is 0 Å². The third-order valence-electron chi connectivity index (χ3n) is 5.12. The van der Waals surface area contributed by atoms with Crippen LogP contribution >= 0.6 is 11.8 Å². The lowest BCUT2D eigenvalue weighted by atomic mass is 10.1. The summed E-state index contributed by atoms with van der Waals surface area (Å²) in [6.45, 7) is 1.18. The van der Waals surface area contributed by atoms with Crippen molar-refractivity contribution >= 4 is 28.6 Å². The molecule has 2 heterocycles. The molecule has 0 spiro atoms. The number of fused-ring (bicyclic) bond motifs is 1. The molecule has 1 aliphatic carbocycles. The van der Waals surface area contributed by atoms with Gasteiger partial charge in [-0.3, -0.25) is 9.36 Å². The minimum Gasteiger partial charge on any atom is -0.383 e. The van der Waals surface area contributed by atoms with Crippen LogP contribution in [-0.2, 0) is 16.1 Å². The van der Waals surface area contributed by atoms with E-state index in [1.165, 1.54) is 24.6 Å². The maximum Gasteiger partial charge on any atom is 0.230 e. The fourth-order valence-electron chi connectivity index (χ4n) is 3.70. The Morgan fingerprint density at radius 1 is 1.32 bits per heavy atom. The van der Waals surface area contributed by atoms with E-state index >= 15 is 0 Å². The lowest BCUT2D eigenvalue weighted by Gasteiger charge is -2.12. The van der Waals surface area contributed by atoms with E-state index < -0.39 is 0 Å². The highest BCUT2D eigenvalue weighted by Crippen LogP contribution is 2.30. The van der Waals surface area contributed by atoms with Crippen LogP contribution in [0.25, 0.3) is 22.3 Å². The van der Waals surface area contributed by atoms with Crippen molar-refractivity contribution < 1.29 is 9.53 Å². The maximum absolute atomic E-state index is 12.3. The number of thioether (sulfide) groups is 1. The average molecular weight is 400 g/mol. The molecule has 1 fully saturated rings. The van der Waals surface area contributed by atoms with Crippen LogP contribution in [0, 0.1) is 0 Å². The number of carbonyl (C=O) groups is 1. The Morgan fingerprint density at radius 3 is 2.96 bits per heavy atom. The van der Waals surface area contributed by atoms with E-state index in [9.17, 15) is 4.79 Å². The first kappa shape index (κ1) is 19.0. The summed E-state index contributed by atoms with van der Waals surface area (Å²) < 4.78 is 7.31. The molecule has 148 valence electrons. The molecule has 28 heavy (non-hydrogen) atoms. The fourth-order valence-corrected chi connectivity index (χ4v) is 4.48. The van der Waals surface area contributed by atoms with Crippen LogP contribution in [-0.4, -0.2) is 51.2 Å². The van der Waals surface area contributed by atoms with Crippen LogP contribution in [0.5, 0.6) is 0 Å². The summed E-state index contributed by atoms with van der Waals surface area (Å²) in [6, 6.07) is 8.46. The number of methoxy groups -OCH3 is 1. The number of para-hydroxylation sites is 1. The maximum atomic E-state index is 12.3. The van der Waals surface area contributed by atoms with Gasteiger partial charge in [-0.2, -0.15) is 0 Å². The topological polar surface area (TPSA) is 84.8 Å². The Kier molecular flexibility index (Phi) is 5.97. The number of ether oxygens (including phenoxy) is 1. The summed E-state index contributed by atoms with van der Waals surface area (Å²) >= 11 is 1.42. The van der Waals surface area contributed by atoms with Crippen LogP contribution in [0.1, 0.15) is 25.7 Å². The van der Waals surface area contributed by atoms with Gasteiger partial charge in [-0.1, -0.05) is 42.8 Å². The van der Waals surface area contributed by atoms with Crippen LogP contribution in [0.4, 0.5) is 0 Å². The first-order valence-electron chi connectivity index (χ1n) is 9.67. The van der Waals surface area contributed by atoms with Gasteiger partial charge in [-0.15, -0.1) is 10.2 Å². The second kappa shape index (κ2) is 8.79. The molecular weight excluding hydrogens is 374 g/mol. The monoisotopic (exact) mass is 399 g/mol. The highest BCUT2D eigenvalue weighted by molar-refractivity contribution is 7.99. The van der Waals surface area contributed by atoms with Gasteiger partial charge in [0.1, 0.15) is 0 Å². The Balaban J connectivity index is 1.53. The highest BCUT2D eigenvalue weighted by atomic mass is 32.2. The van der Waals surface area contributed by atoms with Crippen LogP contribution in [0.15, 0.2) is 35.6 Å². The molecule has 8 heteroatoms. The average Bonchev–Trinajstić information content (AvgIpc) is 3.44. The van der Waals surface area contributed by atoms with Gasteiger partial charge in [-0.05, 0) is 18.9 Å². The first-order chi connectivity index (χ1) is 13.8. The number of benzene rings is 1. The largest absolute Gasteiger partial charge is 0.383 e. The van der Waals surface area contributed by atoms with Crippen molar-refractivity contribution in [1.82, 2.24) is 25.1 Å². The first-order valence-corrected chi connectivity index (χ1v) is 10.7. The summed E-state index contributed by atoms with van der Waals surface area (Å²) in [5.74, 6) is 1.19. The number of aromatic nitrogens is 4. The van der Waals surface area contributed by atoms with E-state index in [1.807, 2.05) is 29.0 Å². The summed E-state index contributed by atoms with van der Waals surface area (Å²) in [7, 11) is 1.68. The molecule has 1 saturated carbocycles. The van der Waals surface area contributed by atoms with Crippen LogP contribution in [0.2, 0.25) is 0 Å². The lowest BCUT2D eigenvalue weighted by Crippen LogP contribution is -2.33. The zero-order chi connectivity index (χ0) is 19.3. The summed E-state index contributed by atoms with van der Waals surface area (Å²) in [4.78, 5) is 15.6. The molecular formula is C20H25N5O2S. The SMILES string of the molecule is COCCn1c(SCC(=O)NC2CCCC2)nnc1-c1c[nH]c2ccccc12. The Morgan fingerprint density at radius 2 is 2.14 bits per heavy atom. The molecule has 0 atom stereocenters. The molecule has 1 amide bonds. The van der Waals surface area contributed by atoms with Crippen LogP contribution < -0.4 is 5.32 Å². The van der Waals surface area contributed by atoms with Gasteiger partial charge in [0.05, 0.1) is 18.9 Å². The predicted octanol–water partition coefficient (Wildman–Crippen LogP) is 3.22. The van der Waals surface area contributed by atoms with Crippen molar-refractivity contribution in [3.63, 3.8) is 0 Å².